The van der Waals surface area contributed by atoms with E-state index in [1.54, 1.807) is 7.11 Å². The van der Waals surface area contributed by atoms with Crippen LogP contribution in [0.1, 0.15) is 12.5 Å². The van der Waals surface area contributed by atoms with Gasteiger partial charge in [0.15, 0.2) is 11.5 Å². The number of benzene rings is 1. The highest BCUT2D eigenvalue weighted by Crippen LogP contribution is 2.27. The van der Waals surface area contributed by atoms with Gasteiger partial charge in [0.1, 0.15) is 0 Å². The second-order valence-electron chi connectivity index (χ2n) is 5.01. The summed E-state index contributed by atoms with van der Waals surface area (Å²) in [6.45, 7) is 6.68. The van der Waals surface area contributed by atoms with Gasteiger partial charge < -0.3 is 24.4 Å². The maximum atomic E-state index is 5.53. The van der Waals surface area contributed by atoms with Gasteiger partial charge in [0.2, 0.25) is 0 Å². The Morgan fingerprint density at radius 3 is 2.62 bits per heavy atom. The van der Waals surface area contributed by atoms with Gasteiger partial charge in [0.25, 0.3) is 0 Å². The lowest BCUT2D eigenvalue weighted by Gasteiger charge is -2.12. The van der Waals surface area contributed by atoms with E-state index in [0.29, 0.717) is 6.61 Å². The Bertz CT molecular complexity index is 397. The number of nitrogens with one attached hydrogen (secondary N) is 1. The van der Waals surface area contributed by atoms with E-state index in [1.165, 1.54) is 5.56 Å². The Balaban J connectivity index is 2.26. The molecular weight excluding hydrogens is 268 g/mol. The van der Waals surface area contributed by atoms with Crippen molar-refractivity contribution in [2.24, 2.45) is 0 Å². The van der Waals surface area contributed by atoms with Crippen molar-refractivity contribution in [1.29, 1.82) is 0 Å². The van der Waals surface area contributed by atoms with Crippen molar-refractivity contribution >= 4 is 0 Å². The molecule has 1 N–H and O–H groups in total. The zero-order chi connectivity index (χ0) is 15.5. The highest BCUT2D eigenvalue weighted by atomic mass is 16.5. The second kappa shape index (κ2) is 10.4. The number of likely N-dealkylation sites (N-methyl/N-ethyl adjacent to an activating group) is 1. The minimum Gasteiger partial charge on any atom is -0.493 e. The molecule has 0 fully saturated rings. The third-order valence-corrected chi connectivity index (χ3v) is 2.96. The van der Waals surface area contributed by atoms with Crippen LogP contribution in [0.4, 0.5) is 0 Å². The number of ether oxygens (including phenoxy) is 3. The van der Waals surface area contributed by atoms with Crippen molar-refractivity contribution in [2.75, 3.05) is 54.1 Å². The summed E-state index contributed by atoms with van der Waals surface area (Å²) < 4.78 is 16.4. The molecule has 1 aromatic carbocycles. The number of hydrogen-bond donors (Lipinski definition) is 1. The first-order valence-corrected chi connectivity index (χ1v) is 7.40. The van der Waals surface area contributed by atoms with E-state index in [-0.39, 0.29) is 0 Å². The predicted octanol–water partition coefficient (Wildman–Crippen LogP) is 1.76. The highest BCUT2D eigenvalue weighted by Gasteiger charge is 2.04. The fourth-order valence-corrected chi connectivity index (χ4v) is 1.82. The Labute approximate surface area is 128 Å². The van der Waals surface area contributed by atoms with Crippen LogP contribution in [0.25, 0.3) is 0 Å². The molecule has 0 aliphatic carbocycles. The number of rotatable bonds is 11. The van der Waals surface area contributed by atoms with Crippen molar-refractivity contribution in [3.05, 3.63) is 23.8 Å². The molecule has 0 amide bonds. The van der Waals surface area contributed by atoms with Gasteiger partial charge in [-0.1, -0.05) is 6.07 Å². The molecule has 0 spiro atoms. The van der Waals surface area contributed by atoms with E-state index in [2.05, 4.69) is 10.2 Å². The van der Waals surface area contributed by atoms with Crippen molar-refractivity contribution in [1.82, 2.24) is 10.2 Å². The summed E-state index contributed by atoms with van der Waals surface area (Å²) >= 11 is 0. The topological polar surface area (TPSA) is 43.0 Å². The molecule has 0 aromatic heterocycles. The Morgan fingerprint density at radius 1 is 1.14 bits per heavy atom. The van der Waals surface area contributed by atoms with Gasteiger partial charge in [-0.15, -0.1) is 0 Å². The van der Waals surface area contributed by atoms with Gasteiger partial charge >= 0.3 is 0 Å². The molecular formula is C16H28N2O3. The smallest absolute Gasteiger partial charge is 0.161 e. The molecule has 5 nitrogen and oxygen atoms in total. The first kappa shape index (κ1) is 17.8. The third kappa shape index (κ3) is 7.32. The van der Waals surface area contributed by atoms with E-state index in [0.717, 1.165) is 44.3 Å². The normalized spacial score (nSPS) is 10.9. The summed E-state index contributed by atoms with van der Waals surface area (Å²) in [5, 5.41) is 3.36. The first-order valence-electron chi connectivity index (χ1n) is 7.40. The molecule has 120 valence electrons. The summed E-state index contributed by atoms with van der Waals surface area (Å²) in [4.78, 5) is 2.11. The lowest BCUT2D eigenvalue weighted by Crippen LogP contribution is -2.23. The molecule has 0 saturated heterocycles. The zero-order valence-electron chi connectivity index (χ0n) is 13.6. The maximum Gasteiger partial charge on any atom is 0.161 e. The number of methoxy groups -OCH3 is 1. The van der Waals surface area contributed by atoms with Crippen molar-refractivity contribution in [3.63, 3.8) is 0 Å². The van der Waals surface area contributed by atoms with Gasteiger partial charge in [0, 0.05) is 19.6 Å². The molecule has 0 aliphatic rings. The Kier molecular flexibility index (Phi) is 8.82. The van der Waals surface area contributed by atoms with Gasteiger partial charge in [-0.2, -0.15) is 0 Å². The van der Waals surface area contributed by atoms with Crippen molar-refractivity contribution in [2.45, 2.75) is 13.5 Å². The summed E-state index contributed by atoms with van der Waals surface area (Å²) in [7, 11) is 5.75. The summed E-state index contributed by atoms with van der Waals surface area (Å²) in [5.74, 6) is 1.56. The first-order chi connectivity index (χ1) is 10.2. The second-order valence-corrected chi connectivity index (χ2v) is 5.01. The van der Waals surface area contributed by atoms with Crippen molar-refractivity contribution < 1.29 is 14.2 Å². The SMILES string of the molecule is CCOc1ccc(CNCCOCCN(C)C)cc1OC. The Morgan fingerprint density at radius 2 is 1.95 bits per heavy atom. The van der Waals surface area contributed by atoms with Gasteiger partial charge in [0.05, 0.1) is 26.9 Å². The molecule has 0 unspecified atom stereocenters. The molecule has 0 atom stereocenters. The van der Waals surface area contributed by atoms with Crippen LogP contribution >= 0.6 is 0 Å². The molecule has 21 heavy (non-hydrogen) atoms. The average molecular weight is 296 g/mol. The van der Waals surface area contributed by atoms with Crippen LogP contribution in [0.15, 0.2) is 18.2 Å². The molecule has 5 heteroatoms. The lowest BCUT2D eigenvalue weighted by molar-refractivity contribution is 0.119. The summed E-state index contributed by atoms with van der Waals surface area (Å²) in [5.41, 5.74) is 1.17. The lowest BCUT2D eigenvalue weighted by atomic mass is 10.2. The van der Waals surface area contributed by atoms with Crippen LogP contribution in [0.2, 0.25) is 0 Å². The Hall–Kier alpha value is -1.30. The predicted molar refractivity (Wildman–Crippen MR) is 85.2 cm³/mol. The molecule has 0 bridgehead atoms. The number of hydrogen-bond acceptors (Lipinski definition) is 5. The van der Waals surface area contributed by atoms with Crippen LogP contribution in [0, 0.1) is 0 Å². The van der Waals surface area contributed by atoms with Gasteiger partial charge in [-0.25, -0.2) is 0 Å². The van der Waals surface area contributed by atoms with E-state index in [1.807, 2.05) is 39.2 Å². The van der Waals surface area contributed by atoms with Crippen LogP contribution in [0.3, 0.4) is 0 Å². The van der Waals surface area contributed by atoms with Crippen molar-refractivity contribution in [3.8, 4) is 11.5 Å². The van der Waals surface area contributed by atoms with E-state index >= 15 is 0 Å². The van der Waals surface area contributed by atoms with Crippen LogP contribution in [-0.2, 0) is 11.3 Å². The van der Waals surface area contributed by atoms with E-state index in [9.17, 15) is 0 Å². The molecule has 0 saturated carbocycles. The highest BCUT2D eigenvalue weighted by molar-refractivity contribution is 5.42. The zero-order valence-corrected chi connectivity index (χ0v) is 13.6. The van der Waals surface area contributed by atoms with Gasteiger partial charge in [-0.3, -0.25) is 0 Å². The third-order valence-electron chi connectivity index (χ3n) is 2.96. The molecule has 1 aromatic rings. The molecule has 0 radical (unpaired) electrons. The minimum absolute atomic E-state index is 0.637. The average Bonchev–Trinajstić information content (AvgIpc) is 2.47. The fraction of sp³-hybridized carbons (Fsp3) is 0.625. The largest absolute Gasteiger partial charge is 0.493 e. The summed E-state index contributed by atoms with van der Waals surface area (Å²) in [6.07, 6.45) is 0. The number of nitrogens with zero attached hydrogens (tertiary/aromatic N) is 1. The molecule has 0 heterocycles. The monoisotopic (exact) mass is 296 g/mol. The standard InChI is InChI=1S/C16H28N2O3/c1-5-21-15-7-6-14(12-16(15)19-4)13-17-8-10-20-11-9-18(2)3/h6-7,12,17H,5,8-11,13H2,1-4H3. The fourth-order valence-electron chi connectivity index (χ4n) is 1.82. The van der Waals surface area contributed by atoms with Crippen LogP contribution in [0.5, 0.6) is 11.5 Å². The minimum atomic E-state index is 0.637. The van der Waals surface area contributed by atoms with E-state index in [4.69, 9.17) is 14.2 Å². The van der Waals surface area contributed by atoms with Gasteiger partial charge in [-0.05, 0) is 38.7 Å². The molecule has 1 rings (SSSR count). The van der Waals surface area contributed by atoms with Crippen LogP contribution in [-0.4, -0.2) is 59.0 Å². The van der Waals surface area contributed by atoms with Crippen LogP contribution < -0.4 is 14.8 Å². The quantitative estimate of drug-likeness (QED) is 0.630. The van der Waals surface area contributed by atoms with E-state index < -0.39 is 0 Å². The molecule has 0 aliphatic heterocycles. The maximum absolute atomic E-state index is 5.53. The summed E-state index contributed by atoms with van der Waals surface area (Å²) in [6, 6.07) is 6.01.